The molecule has 0 aromatic rings. The molecule has 0 radical (unpaired) electrons. The molecule has 0 heterocycles. The highest BCUT2D eigenvalue weighted by Crippen LogP contribution is 2.10. The van der Waals surface area contributed by atoms with Crippen molar-refractivity contribution in [3.05, 3.63) is 0 Å². The summed E-state index contributed by atoms with van der Waals surface area (Å²) in [7, 11) is 2.81. The molecule has 0 amide bonds. The number of nitrogens with one attached hydrogen (secondary N) is 2. The van der Waals surface area contributed by atoms with E-state index < -0.39 is 8.56 Å². The lowest BCUT2D eigenvalue weighted by Gasteiger charge is -2.38. The van der Waals surface area contributed by atoms with E-state index in [1.807, 2.05) is 0 Å². The number of hydrogen-bond donors (Lipinski definition) is 2. The van der Waals surface area contributed by atoms with Crippen molar-refractivity contribution < 1.29 is 0 Å². The second-order valence-corrected chi connectivity index (χ2v) is 7.74. The summed E-state index contributed by atoms with van der Waals surface area (Å²) in [5.41, 5.74) is 0. The van der Waals surface area contributed by atoms with E-state index >= 15 is 0 Å². The predicted molar refractivity (Wildman–Crippen MR) is 66.5 cm³/mol. The summed E-state index contributed by atoms with van der Waals surface area (Å²) in [5.74, 6) is 0. The first-order valence-corrected chi connectivity index (χ1v) is 7.95. The lowest BCUT2D eigenvalue weighted by Crippen LogP contribution is -2.71. The average molecular weight is 217 g/mol. The lowest BCUT2D eigenvalue weighted by atomic mass is 10.4. The molecule has 0 unspecified atom stereocenters. The van der Waals surface area contributed by atoms with Gasteiger partial charge in [0.2, 0.25) is 0 Å². The lowest BCUT2D eigenvalue weighted by molar-refractivity contribution is 0.544. The molecule has 0 bridgehead atoms. The fourth-order valence-electron chi connectivity index (χ4n) is 1.80. The largest absolute Gasteiger partial charge is 0.313 e. The Balaban J connectivity index is 4.38. The van der Waals surface area contributed by atoms with Gasteiger partial charge in [0.15, 0.2) is 0 Å². The van der Waals surface area contributed by atoms with Crippen molar-refractivity contribution in [3.63, 3.8) is 0 Å². The first-order chi connectivity index (χ1) is 6.63. The Kier molecular flexibility index (Phi) is 7.45. The van der Waals surface area contributed by atoms with Crippen LogP contribution in [0.2, 0.25) is 6.04 Å². The van der Waals surface area contributed by atoms with Gasteiger partial charge in [0.1, 0.15) is 0 Å². The van der Waals surface area contributed by atoms with Crippen LogP contribution in [0.3, 0.4) is 0 Å². The molecule has 2 N–H and O–H groups in total. The Morgan fingerprint density at radius 2 is 1.50 bits per heavy atom. The molecule has 14 heavy (non-hydrogen) atoms. The molecule has 0 fully saturated rings. The fourth-order valence-corrected chi connectivity index (χ4v) is 5.39. The zero-order chi connectivity index (χ0) is 11.0. The Hall–Kier alpha value is 0.0969. The van der Waals surface area contributed by atoms with E-state index in [0.29, 0.717) is 0 Å². The SMILES string of the molecule is CCCC[Si](NCC)(NCC)N(C)C. The fraction of sp³-hybridized carbons (Fsp3) is 1.00. The molecule has 0 spiro atoms. The maximum atomic E-state index is 3.68. The van der Waals surface area contributed by atoms with Crippen LogP contribution in [0.25, 0.3) is 0 Å². The van der Waals surface area contributed by atoms with Gasteiger partial charge in [0.05, 0.1) is 0 Å². The summed E-state index contributed by atoms with van der Waals surface area (Å²) in [4.78, 5) is 7.37. The Labute approximate surface area is 90.5 Å². The van der Waals surface area contributed by atoms with E-state index in [-0.39, 0.29) is 0 Å². The van der Waals surface area contributed by atoms with Gasteiger partial charge in [-0.25, -0.2) is 0 Å². The first-order valence-electron chi connectivity index (χ1n) is 5.80. The summed E-state index contributed by atoms with van der Waals surface area (Å²) in [6.07, 6.45) is 2.59. The average Bonchev–Trinajstić information content (AvgIpc) is 2.14. The van der Waals surface area contributed by atoms with Crippen LogP contribution in [-0.4, -0.2) is 40.3 Å². The molecule has 0 aliphatic rings. The summed E-state index contributed by atoms with van der Waals surface area (Å²) in [5, 5.41) is 0. The van der Waals surface area contributed by atoms with Crippen molar-refractivity contribution in [2.24, 2.45) is 0 Å². The van der Waals surface area contributed by atoms with Crippen LogP contribution in [0, 0.1) is 0 Å². The van der Waals surface area contributed by atoms with Gasteiger partial charge < -0.3 is 14.5 Å². The standard InChI is InChI=1S/C10H27N3Si/c1-6-9-10-14(11-7-2,12-8-3)13(4)5/h11-12H,6-10H2,1-5H3. The van der Waals surface area contributed by atoms with Crippen molar-refractivity contribution in [2.75, 3.05) is 27.2 Å². The summed E-state index contributed by atoms with van der Waals surface area (Å²) >= 11 is 0. The predicted octanol–water partition coefficient (Wildman–Crippen LogP) is 1.51. The summed E-state index contributed by atoms with van der Waals surface area (Å²) < 4.78 is 2.38. The molecule has 0 saturated heterocycles. The van der Waals surface area contributed by atoms with E-state index in [9.17, 15) is 0 Å². The molecule has 0 aromatic carbocycles. The Morgan fingerprint density at radius 1 is 1.00 bits per heavy atom. The number of nitrogens with zero attached hydrogens (tertiary/aromatic N) is 1. The highest BCUT2D eigenvalue weighted by Gasteiger charge is 2.34. The van der Waals surface area contributed by atoms with Gasteiger partial charge in [-0.2, -0.15) is 0 Å². The Morgan fingerprint density at radius 3 is 1.79 bits per heavy atom. The molecule has 4 heteroatoms. The zero-order valence-corrected chi connectivity index (χ0v) is 11.5. The molecule has 86 valence electrons. The summed E-state index contributed by atoms with van der Waals surface area (Å²) in [6.45, 7) is 8.75. The van der Waals surface area contributed by atoms with Crippen LogP contribution >= 0.6 is 0 Å². The molecule has 0 saturated carbocycles. The maximum Gasteiger partial charge on any atom is 0.283 e. The van der Waals surface area contributed by atoms with Gasteiger partial charge in [-0.15, -0.1) is 0 Å². The van der Waals surface area contributed by atoms with Crippen molar-refractivity contribution in [2.45, 2.75) is 39.7 Å². The van der Waals surface area contributed by atoms with Crippen molar-refractivity contribution in [1.82, 2.24) is 14.5 Å². The minimum atomic E-state index is -1.56. The van der Waals surface area contributed by atoms with E-state index in [4.69, 9.17) is 0 Å². The normalized spacial score (nSPS) is 12.4. The number of unbranched alkanes of at least 4 members (excludes halogenated alkanes) is 1. The van der Waals surface area contributed by atoms with Crippen molar-refractivity contribution in [3.8, 4) is 0 Å². The van der Waals surface area contributed by atoms with Gasteiger partial charge in [0.25, 0.3) is 8.56 Å². The third-order valence-corrected chi connectivity index (χ3v) is 7.07. The van der Waals surface area contributed by atoms with Crippen molar-refractivity contribution >= 4 is 8.56 Å². The van der Waals surface area contributed by atoms with E-state index in [2.05, 4.69) is 49.4 Å². The molecule has 0 aromatic heterocycles. The van der Waals surface area contributed by atoms with Gasteiger partial charge in [0, 0.05) is 0 Å². The van der Waals surface area contributed by atoms with Crippen LogP contribution in [0.4, 0.5) is 0 Å². The second-order valence-electron chi connectivity index (χ2n) is 3.92. The topological polar surface area (TPSA) is 27.3 Å². The highest BCUT2D eigenvalue weighted by molar-refractivity contribution is 6.72. The molecule has 0 rings (SSSR count). The molecular formula is C10H27N3Si. The van der Waals surface area contributed by atoms with E-state index in [1.54, 1.807) is 0 Å². The summed E-state index contributed by atoms with van der Waals surface area (Å²) in [6, 6.07) is 1.29. The molecule has 0 aliphatic heterocycles. The minimum Gasteiger partial charge on any atom is -0.313 e. The van der Waals surface area contributed by atoms with Crippen molar-refractivity contribution in [1.29, 1.82) is 0 Å². The van der Waals surface area contributed by atoms with Crippen LogP contribution in [0.5, 0.6) is 0 Å². The van der Waals surface area contributed by atoms with Gasteiger partial charge in [-0.05, 0) is 33.2 Å². The van der Waals surface area contributed by atoms with Gasteiger partial charge in [-0.3, -0.25) is 0 Å². The maximum absolute atomic E-state index is 3.68. The molecule has 0 aliphatic carbocycles. The quantitative estimate of drug-likeness (QED) is 0.604. The third-order valence-electron chi connectivity index (χ3n) is 2.59. The molecule has 3 nitrogen and oxygen atoms in total. The molecular weight excluding hydrogens is 190 g/mol. The van der Waals surface area contributed by atoms with E-state index in [1.165, 1.54) is 18.9 Å². The third kappa shape index (κ3) is 4.08. The van der Waals surface area contributed by atoms with Gasteiger partial charge >= 0.3 is 0 Å². The van der Waals surface area contributed by atoms with Crippen LogP contribution < -0.4 is 9.96 Å². The minimum absolute atomic E-state index is 1.06. The first kappa shape index (κ1) is 14.1. The second kappa shape index (κ2) is 7.40. The Bertz CT molecular complexity index is 133. The van der Waals surface area contributed by atoms with E-state index in [0.717, 1.165) is 13.1 Å². The monoisotopic (exact) mass is 217 g/mol. The van der Waals surface area contributed by atoms with Gasteiger partial charge in [-0.1, -0.05) is 33.6 Å². The smallest absolute Gasteiger partial charge is 0.283 e. The van der Waals surface area contributed by atoms with Crippen LogP contribution in [0.15, 0.2) is 0 Å². The highest BCUT2D eigenvalue weighted by atomic mass is 28.4. The molecule has 0 atom stereocenters. The van der Waals surface area contributed by atoms with Crippen LogP contribution in [0.1, 0.15) is 33.6 Å². The number of rotatable bonds is 8. The zero-order valence-electron chi connectivity index (χ0n) is 10.5. The number of hydrogen-bond acceptors (Lipinski definition) is 3. The van der Waals surface area contributed by atoms with Crippen LogP contribution in [-0.2, 0) is 0 Å².